The molecule has 0 aliphatic heterocycles. The molecule has 0 aromatic heterocycles. The molecule has 0 radical (unpaired) electrons. The molecular weight excluding hydrogens is 216 g/mol. The van der Waals surface area contributed by atoms with Crippen LogP contribution >= 0.6 is 11.8 Å². The fourth-order valence-corrected chi connectivity index (χ4v) is 3.12. The Morgan fingerprint density at radius 3 is 2.56 bits per heavy atom. The third-order valence-electron chi connectivity index (χ3n) is 3.03. The second kappa shape index (κ2) is 4.02. The van der Waals surface area contributed by atoms with Crippen LogP contribution in [0.3, 0.4) is 0 Å². The van der Waals surface area contributed by atoms with Crippen LogP contribution in [0, 0.1) is 5.92 Å². The molecule has 3 rings (SSSR count). The lowest BCUT2D eigenvalue weighted by atomic mass is 10.1. The van der Waals surface area contributed by atoms with E-state index in [1.807, 2.05) is 36.0 Å². The molecule has 0 heterocycles. The summed E-state index contributed by atoms with van der Waals surface area (Å²) in [4.78, 5) is 1.29. The van der Waals surface area contributed by atoms with E-state index >= 15 is 0 Å². The lowest BCUT2D eigenvalue weighted by Crippen LogP contribution is -1.83. The van der Waals surface area contributed by atoms with Crippen molar-refractivity contribution in [3.05, 3.63) is 36.4 Å². The number of aromatic hydroxyl groups is 1. The molecule has 0 spiro atoms. The van der Waals surface area contributed by atoms with E-state index in [-0.39, 0.29) is 0 Å². The molecule has 2 aromatic carbocycles. The van der Waals surface area contributed by atoms with E-state index in [0.29, 0.717) is 5.75 Å². The number of thioether (sulfide) groups is 1. The predicted octanol–water partition coefficient (Wildman–Crippen LogP) is 4.05. The van der Waals surface area contributed by atoms with Crippen molar-refractivity contribution in [3.8, 4) is 5.75 Å². The fourth-order valence-electron chi connectivity index (χ4n) is 1.87. The summed E-state index contributed by atoms with van der Waals surface area (Å²) < 4.78 is 0. The van der Waals surface area contributed by atoms with Crippen molar-refractivity contribution >= 4 is 22.5 Å². The molecular formula is C14H14OS. The molecule has 0 unspecified atom stereocenters. The highest BCUT2D eigenvalue weighted by Gasteiger charge is 2.21. The van der Waals surface area contributed by atoms with Crippen LogP contribution in [-0.2, 0) is 0 Å². The molecule has 0 atom stereocenters. The summed E-state index contributed by atoms with van der Waals surface area (Å²) in [5.41, 5.74) is 0. The van der Waals surface area contributed by atoms with Crippen LogP contribution in [0.1, 0.15) is 12.8 Å². The molecule has 1 N–H and O–H groups in total. The van der Waals surface area contributed by atoms with Crippen LogP contribution in [0.2, 0.25) is 0 Å². The maximum Gasteiger partial charge on any atom is 0.123 e. The SMILES string of the molecule is Oc1ccc(SCC2CC2)c2ccccc12. The van der Waals surface area contributed by atoms with Gasteiger partial charge in [-0.2, -0.15) is 0 Å². The Bertz CT molecular complexity index is 517. The van der Waals surface area contributed by atoms with Gasteiger partial charge in [0.05, 0.1) is 0 Å². The van der Waals surface area contributed by atoms with Crippen LogP contribution in [0.25, 0.3) is 10.8 Å². The van der Waals surface area contributed by atoms with Crippen LogP contribution in [-0.4, -0.2) is 10.9 Å². The third kappa shape index (κ3) is 1.90. The average molecular weight is 230 g/mol. The quantitative estimate of drug-likeness (QED) is 0.803. The van der Waals surface area contributed by atoms with Gasteiger partial charge in [0.2, 0.25) is 0 Å². The largest absolute Gasteiger partial charge is 0.507 e. The summed E-state index contributed by atoms with van der Waals surface area (Å²) in [5.74, 6) is 2.53. The normalized spacial score (nSPS) is 15.5. The lowest BCUT2D eigenvalue weighted by Gasteiger charge is -2.07. The highest BCUT2D eigenvalue weighted by atomic mass is 32.2. The van der Waals surface area contributed by atoms with Crippen LogP contribution in [0.4, 0.5) is 0 Å². The number of rotatable bonds is 3. The molecule has 1 nitrogen and oxygen atoms in total. The Balaban J connectivity index is 1.99. The van der Waals surface area contributed by atoms with Crippen molar-refractivity contribution in [2.24, 2.45) is 5.92 Å². The molecule has 0 bridgehead atoms. The van der Waals surface area contributed by atoms with Gasteiger partial charge in [-0.3, -0.25) is 0 Å². The Kier molecular flexibility index (Phi) is 2.52. The first-order valence-corrected chi connectivity index (χ1v) is 6.66. The van der Waals surface area contributed by atoms with E-state index in [1.165, 1.54) is 28.9 Å². The van der Waals surface area contributed by atoms with Gasteiger partial charge in [0.15, 0.2) is 0 Å². The second-order valence-corrected chi connectivity index (χ2v) is 5.44. The summed E-state index contributed by atoms with van der Waals surface area (Å²) in [5, 5.41) is 11.9. The highest BCUT2D eigenvalue weighted by molar-refractivity contribution is 7.99. The van der Waals surface area contributed by atoms with E-state index in [0.717, 1.165) is 11.3 Å². The predicted molar refractivity (Wildman–Crippen MR) is 69.1 cm³/mol. The van der Waals surface area contributed by atoms with Gasteiger partial charge in [0, 0.05) is 16.0 Å². The molecule has 1 aliphatic rings. The summed E-state index contributed by atoms with van der Waals surface area (Å²) in [6.45, 7) is 0. The highest BCUT2D eigenvalue weighted by Crippen LogP contribution is 2.38. The van der Waals surface area contributed by atoms with Crippen LogP contribution < -0.4 is 0 Å². The number of fused-ring (bicyclic) bond motifs is 1. The molecule has 2 aromatic rings. The molecule has 2 heteroatoms. The van der Waals surface area contributed by atoms with Crippen LogP contribution in [0.5, 0.6) is 5.75 Å². The summed E-state index contributed by atoms with van der Waals surface area (Å²) in [6.07, 6.45) is 2.78. The van der Waals surface area contributed by atoms with E-state index in [9.17, 15) is 5.11 Å². The van der Waals surface area contributed by atoms with Gasteiger partial charge in [-0.15, -0.1) is 11.8 Å². The first-order valence-electron chi connectivity index (χ1n) is 5.68. The summed E-state index contributed by atoms with van der Waals surface area (Å²) >= 11 is 1.92. The first-order chi connectivity index (χ1) is 7.84. The number of phenolic OH excluding ortho intramolecular Hbond substituents is 1. The molecule has 82 valence electrons. The zero-order chi connectivity index (χ0) is 11.0. The Morgan fingerprint density at radius 2 is 1.81 bits per heavy atom. The lowest BCUT2D eigenvalue weighted by molar-refractivity contribution is 0.481. The van der Waals surface area contributed by atoms with E-state index in [2.05, 4.69) is 6.07 Å². The standard InChI is InChI=1S/C14H14OS/c15-13-7-8-14(16-9-10-5-6-10)12-4-2-1-3-11(12)13/h1-4,7-8,10,15H,5-6,9H2. The average Bonchev–Trinajstić information content (AvgIpc) is 3.13. The van der Waals surface area contributed by atoms with Crippen molar-refractivity contribution in [3.63, 3.8) is 0 Å². The molecule has 1 fully saturated rings. The van der Waals surface area contributed by atoms with Crippen molar-refractivity contribution in [2.45, 2.75) is 17.7 Å². The maximum atomic E-state index is 9.78. The Hall–Kier alpha value is -1.15. The number of benzene rings is 2. The first kappa shape index (κ1) is 10.0. The van der Waals surface area contributed by atoms with Gasteiger partial charge in [-0.1, -0.05) is 24.3 Å². The van der Waals surface area contributed by atoms with E-state index < -0.39 is 0 Å². The minimum atomic E-state index is 0.381. The van der Waals surface area contributed by atoms with Crippen molar-refractivity contribution < 1.29 is 5.11 Å². The zero-order valence-electron chi connectivity index (χ0n) is 9.02. The van der Waals surface area contributed by atoms with Gasteiger partial charge >= 0.3 is 0 Å². The van der Waals surface area contributed by atoms with Gasteiger partial charge in [-0.05, 0) is 36.3 Å². The Labute approximate surface area is 99.5 Å². The molecule has 1 aliphatic carbocycles. The van der Waals surface area contributed by atoms with E-state index in [1.54, 1.807) is 6.07 Å². The summed E-state index contributed by atoms with van der Waals surface area (Å²) in [6, 6.07) is 11.9. The number of phenols is 1. The molecule has 1 saturated carbocycles. The second-order valence-electron chi connectivity index (χ2n) is 4.38. The van der Waals surface area contributed by atoms with Gasteiger partial charge in [0.25, 0.3) is 0 Å². The minimum absolute atomic E-state index is 0.381. The fraction of sp³-hybridized carbons (Fsp3) is 0.286. The number of hydrogen-bond donors (Lipinski definition) is 1. The Morgan fingerprint density at radius 1 is 1.06 bits per heavy atom. The molecule has 0 amide bonds. The summed E-state index contributed by atoms with van der Waals surface area (Å²) in [7, 11) is 0. The van der Waals surface area contributed by atoms with Crippen molar-refractivity contribution in [2.75, 3.05) is 5.75 Å². The van der Waals surface area contributed by atoms with Crippen LogP contribution in [0.15, 0.2) is 41.3 Å². The smallest absolute Gasteiger partial charge is 0.123 e. The maximum absolute atomic E-state index is 9.78. The van der Waals surface area contributed by atoms with Crippen molar-refractivity contribution in [1.82, 2.24) is 0 Å². The topological polar surface area (TPSA) is 20.2 Å². The van der Waals surface area contributed by atoms with Gasteiger partial charge in [-0.25, -0.2) is 0 Å². The van der Waals surface area contributed by atoms with E-state index in [4.69, 9.17) is 0 Å². The zero-order valence-corrected chi connectivity index (χ0v) is 9.83. The monoisotopic (exact) mass is 230 g/mol. The minimum Gasteiger partial charge on any atom is -0.507 e. The van der Waals surface area contributed by atoms with Gasteiger partial charge < -0.3 is 5.11 Å². The third-order valence-corrected chi connectivity index (χ3v) is 4.34. The molecule has 0 saturated heterocycles. The van der Waals surface area contributed by atoms with Gasteiger partial charge in [0.1, 0.15) is 5.75 Å². The van der Waals surface area contributed by atoms with Crippen molar-refractivity contribution in [1.29, 1.82) is 0 Å². The number of hydrogen-bond acceptors (Lipinski definition) is 2. The molecule has 16 heavy (non-hydrogen) atoms.